The van der Waals surface area contributed by atoms with E-state index < -0.39 is 11.0 Å². The molecule has 0 heterocycles. The van der Waals surface area contributed by atoms with Crippen molar-refractivity contribution >= 4 is 11.0 Å². The average molecular weight is 163 g/mol. The second-order valence-electron chi connectivity index (χ2n) is 2.59. The Hall–Kier alpha value is 0.110. The monoisotopic (exact) mass is 163 g/mol. The first-order chi connectivity index (χ1) is 4.68. The number of hydrogen-bond donors (Lipinski definition) is 1. The van der Waals surface area contributed by atoms with Gasteiger partial charge in [-0.05, 0) is 20.3 Å². The predicted molar refractivity (Wildman–Crippen MR) is 46.2 cm³/mol. The van der Waals surface area contributed by atoms with E-state index in [4.69, 9.17) is 0 Å². The van der Waals surface area contributed by atoms with Gasteiger partial charge in [-0.3, -0.25) is 0 Å². The van der Waals surface area contributed by atoms with Crippen LogP contribution in [0.25, 0.3) is 0 Å². The molecule has 10 heavy (non-hydrogen) atoms. The van der Waals surface area contributed by atoms with Crippen LogP contribution in [0, 0.1) is 0 Å². The minimum atomic E-state index is -0.823. The summed E-state index contributed by atoms with van der Waals surface area (Å²) in [5.41, 5.74) is 0. The minimum absolute atomic E-state index is 0.233. The van der Waals surface area contributed by atoms with Crippen molar-refractivity contribution in [2.24, 2.45) is 0 Å². The van der Waals surface area contributed by atoms with E-state index in [1.165, 1.54) is 0 Å². The van der Waals surface area contributed by atoms with Crippen LogP contribution >= 0.6 is 0 Å². The van der Waals surface area contributed by atoms with E-state index >= 15 is 0 Å². The zero-order valence-electron chi connectivity index (χ0n) is 7.02. The Balaban J connectivity index is 3.22. The third-order valence-electron chi connectivity index (χ3n) is 1.20. The Morgan fingerprint density at radius 3 is 2.50 bits per heavy atom. The zero-order valence-corrected chi connectivity index (χ0v) is 7.83. The van der Waals surface area contributed by atoms with Gasteiger partial charge in [-0.2, -0.15) is 0 Å². The van der Waals surface area contributed by atoms with E-state index in [9.17, 15) is 4.21 Å². The van der Waals surface area contributed by atoms with Crippen molar-refractivity contribution in [1.29, 1.82) is 0 Å². The summed E-state index contributed by atoms with van der Waals surface area (Å²) in [6, 6.07) is 0. The molecule has 0 bridgehead atoms. The molecule has 62 valence electrons. The third kappa shape index (κ3) is 4.94. The summed E-state index contributed by atoms with van der Waals surface area (Å²) in [5.74, 6) is 0. The van der Waals surface area contributed by atoms with Crippen molar-refractivity contribution in [3.8, 4) is 0 Å². The molecule has 1 atom stereocenters. The standard InChI is InChI=1S/C7H17NOS/c1-4-5-6-8-10(9)7(2)3/h7-8H,4-6H2,1-3H3. The van der Waals surface area contributed by atoms with Crippen molar-refractivity contribution in [2.75, 3.05) is 6.54 Å². The topological polar surface area (TPSA) is 29.1 Å². The maximum atomic E-state index is 11.0. The summed E-state index contributed by atoms with van der Waals surface area (Å²) >= 11 is 0. The molecule has 0 fully saturated rings. The predicted octanol–water partition coefficient (Wildman–Crippen LogP) is 1.45. The Labute approximate surface area is 66.0 Å². The minimum Gasteiger partial charge on any atom is -0.243 e. The Kier molecular flexibility index (Phi) is 5.93. The molecule has 0 radical (unpaired) electrons. The highest BCUT2D eigenvalue weighted by molar-refractivity contribution is 7.83. The molecular formula is C7H17NOS. The van der Waals surface area contributed by atoms with Crippen LogP contribution in [0.4, 0.5) is 0 Å². The fourth-order valence-electron chi connectivity index (χ4n) is 0.516. The number of nitrogens with one attached hydrogen (secondary N) is 1. The van der Waals surface area contributed by atoms with E-state index in [1.807, 2.05) is 13.8 Å². The maximum absolute atomic E-state index is 11.0. The van der Waals surface area contributed by atoms with Crippen LogP contribution in [0.15, 0.2) is 0 Å². The van der Waals surface area contributed by atoms with Crippen LogP contribution in [0.3, 0.4) is 0 Å². The molecule has 0 aliphatic carbocycles. The first kappa shape index (κ1) is 10.1. The molecule has 0 aliphatic heterocycles. The Morgan fingerprint density at radius 1 is 1.50 bits per heavy atom. The molecule has 0 aromatic rings. The molecule has 0 aromatic carbocycles. The molecule has 1 unspecified atom stereocenters. The van der Waals surface area contributed by atoms with Crippen LogP contribution in [-0.2, 0) is 11.0 Å². The lowest BCUT2D eigenvalue weighted by atomic mass is 10.3. The lowest BCUT2D eigenvalue weighted by Gasteiger charge is -2.05. The first-order valence-corrected chi connectivity index (χ1v) is 5.03. The third-order valence-corrected chi connectivity index (χ3v) is 2.55. The van der Waals surface area contributed by atoms with E-state index in [-0.39, 0.29) is 5.25 Å². The Bertz CT molecular complexity index is 104. The van der Waals surface area contributed by atoms with E-state index in [0.717, 1.165) is 19.4 Å². The lowest BCUT2D eigenvalue weighted by molar-refractivity contribution is 0.658. The largest absolute Gasteiger partial charge is 0.243 e. The van der Waals surface area contributed by atoms with Crippen molar-refractivity contribution < 1.29 is 4.21 Å². The number of rotatable bonds is 5. The Morgan fingerprint density at radius 2 is 2.10 bits per heavy atom. The molecule has 0 saturated heterocycles. The lowest BCUT2D eigenvalue weighted by Crippen LogP contribution is -2.24. The number of unbranched alkanes of at least 4 members (excludes halogenated alkanes) is 1. The van der Waals surface area contributed by atoms with Crippen LogP contribution in [0.2, 0.25) is 0 Å². The molecule has 0 rings (SSSR count). The molecule has 0 saturated carbocycles. The molecule has 0 spiro atoms. The van der Waals surface area contributed by atoms with Crippen molar-refractivity contribution in [1.82, 2.24) is 4.72 Å². The second-order valence-corrected chi connectivity index (χ2v) is 4.42. The maximum Gasteiger partial charge on any atom is 0.0941 e. The van der Waals surface area contributed by atoms with Crippen LogP contribution < -0.4 is 4.72 Å². The summed E-state index contributed by atoms with van der Waals surface area (Å²) < 4.78 is 14.0. The van der Waals surface area contributed by atoms with Gasteiger partial charge < -0.3 is 0 Å². The molecule has 2 nitrogen and oxygen atoms in total. The molecule has 0 aliphatic rings. The van der Waals surface area contributed by atoms with Gasteiger partial charge in [0.05, 0.1) is 11.0 Å². The summed E-state index contributed by atoms with van der Waals surface area (Å²) in [5, 5.41) is 0.233. The molecule has 0 aromatic heterocycles. The van der Waals surface area contributed by atoms with Gasteiger partial charge in [0.2, 0.25) is 0 Å². The zero-order chi connectivity index (χ0) is 7.98. The molecule has 3 heteroatoms. The smallest absolute Gasteiger partial charge is 0.0941 e. The van der Waals surface area contributed by atoms with Gasteiger partial charge in [-0.1, -0.05) is 13.3 Å². The summed E-state index contributed by atoms with van der Waals surface area (Å²) in [6.07, 6.45) is 2.26. The van der Waals surface area contributed by atoms with Crippen LogP contribution in [0.5, 0.6) is 0 Å². The van der Waals surface area contributed by atoms with Gasteiger partial charge in [0.25, 0.3) is 0 Å². The van der Waals surface area contributed by atoms with E-state index in [0.29, 0.717) is 0 Å². The highest BCUT2D eigenvalue weighted by Crippen LogP contribution is 1.90. The normalized spacial score (nSPS) is 14.0. The van der Waals surface area contributed by atoms with Gasteiger partial charge in [0, 0.05) is 11.8 Å². The molecular weight excluding hydrogens is 146 g/mol. The SMILES string of the molecule is CCCCNS(=O)C(C)C. The van der Waals surface area contributed by atoms with Crippen LogP contribution in [0.1, 0.15) is 33.6 Å². The van der Waals surface area contributed by atoms with Crippen molar-refractivity contribution in [3.05, 3.63) is 0 Å². The second kappa shape index (κ2) is 5.86. The van der Waals surface area contributed by atoms with Gasteiger partial charge in [-0.15, -0.1) is 0 Å². The van der Waals surface area contributed by atoms with Gasteiger partial charge in [0.1, 0.15) is 0 Å². The van der Waals surface area contributed by atoms with E-state index in [1.54, 1.807) is 0 Å². The molecule has 1 N–H and O–H groups in total. The van der Waals surface area contributed by atoms with Crippen molar-refractivity contribution in [3.63, 3.8) is 0 Å². The summed E-state index contributed by atoms with van der Waals surface area (Å²) in [6.45, 7) is 6.91. The average Bonchev–Trinajstić information content (AvgIpc) is 1.88. The van der Waals surface area contributed by atoms with E-state index in [2.05, 4.69) is 11.6 Å². The fourth-order valence-corrected chi connectivity index (χ4v) is 1.20. The van der Waals surface area contributed by atoms with Crippen LogP contribution in [-0.4, -0.2) is 16.0 Å². The number of hydrogen-bond acceptors (Lipinski definition) is 1. The van der Waals surface area contributed by atoms with Crippen molar-refractivity contribution in [2.45, 2.75) is 38.9 Å². The first-order valence-electron chi connectivity index (χ1n) is 3.82. The highest BCUT2D eigenvalue weighted by Gasteiger charge is 2.01. The van der Waals surface area contributed by atoms with Gasteiger partial charge >= 0.3 is 0 Å². The molecule has 0 amide bonds. The van der Waals surface area contributed by atoms with Gasteiger partial charge in [0.15, 0.2) is 0 Å². The quantitative estimate of drug-likeness (QED) is 0.611. The fraction of sp³-hybridized carbons (Fsp3) is 1.00. The van der Waals surface area contributed by atoms with Gasteiger partial charge in [-0.25, -0.2) is 8.93 Å². The summed E-state index contributed by atoms with van der Waals surface area (Å²) in [7, 11) is -0.823. The highest BCUT2D eigenvalue weighted by atomic mass is 32.2. The summed E-state index contributed by atoms with van der Waals surface area (Å²) in [4.78, 5) is 0.